The van der Waals surface area contributed by atoms with Crippen molar-refractivity contribution in [1.82, 2.24) is 4.98 Å². The zero-order valence-electron chi connectivity index (χ0n) is 11.7. The molecule has 0 amide bonds. The van der Waals surface area contributed by atoms with E-state index in [2.05, 4.69) is 34.5 Å². The zero-order chi connectivity index (χ0) is 14.7. The third-order valence-corrected chi connectivity index (χ3v) is 4.30. The highest BCUT2D eigenvalue weighted by Gasteiger charge is 2.11. The van der Waals surface area contributed by atoms with Crippen LogP contribution >= 0.6 is 22.6 Å². The highest BCUT2D eigenvalue weighted by atomic mass is 127. The van der Waals surface area contributed by atoms with Crippen LogP contribution in [0.15, 0.2) is 24.3 Å². The minimum absolute atomic E-state index is 0.544. The number of methoxy groups -OCH3 is 2. The molecule has 0 aliphatic carbocycles. The minimum atomic E-state index is 0.544. The predicted molar refractivity (Wildman–Crippen MR) is 88.5 cm³/mol. The van der Waals surface area contributed by atoms with Crippen LogP contribution < -0.4 is 15.2 Å². The lowest BCUT2D eigenvalue weighted by molar-refractivity contribution is 0.391. The van der Waals surface area contributed by atoms with Crippen molar-refractivity contribution in [2.75, 3.05) is 20.0 Å². The first-order valence-corrected chi connectivity index (χ1v) is 7.25. The molecule has 2 aromatic rings. The lowest BCUT2D eigenvalue weighted by Crippen LogP contribution is -2.03. The first-order valence-electron chi connectivity index (χ1n) is 6.17. The highest BCUT2D eigenvalue weighted by Crippen LogP contribution is 2.28. The second-order valence-corrected chi connectivity index (χ2v) is 5.62. The first-order chi connectivity index (χ1) is 9.55. The topological polar surface area (TPSA) is 57.4 Å². The molecule has 5 heteroatoms. The number of anilines is 1. The molecule has 0 spiro atoms. The van der Waals surface area contributed by atoms with Crippen LogP contribution in [0.5, 0.6) is 11.5 Å². The quantitative estimate of drug-likeness (QED) is 0.823. The summed E-state index contributed by atoms with van der Waals surface area (Å²) >= 11 is 2.28. The van der Waals surface area contributed by atoms with Crippen LogP contribution in [0.3, 0.4) is 0 Å². The first kappa shape index (κ1) is 14.9. The number of benzene rings is 1. The van der Waals surface area contributed by atoms with Gasteiger partial charge < -0.3 is 15.2 Å². The van der Waals surface area contributed by atoms with Gasteiger partial charge in [0, 0.05) is 21.6 Å². The number of hydrogen-bond acceptors (Lipinski definition) is 4. The van der Waals surface area contributed by atoms with E-state index >= 15 is 0 Å². The average Bonchev–Trinajstić information content (AvgIpc) is 2.44. The standard InChI is InChI=1S/C15H17IN2O2/c1-9-12(16)8-15(17)18-13(9)6-10-4-5-11(19-2)7-14(10)20-3/h4-5,7-8H,6H2,1-3H3,(H2,17,18). The number of ether oxygens (including phenoxy) is 2. The third kappa shape index (κ3) is 3.15. The van der Waals surface area contributed by atoms with Crippen molar-refractivity contribution in [1.29, 1.82) is 0 Å². The van der Waals surface area contributed by atoms with Crippen LogP contribution in [0.4, 0.5) is 5.82 Å². The summed E-state index contributed by atoms with van der Waals surface area (Å²) in [5, 5.41) is 0. The Morgan fingerprint density at radius 2 is 1.95 bits per heavy atom. The summed E-state index contributed by atoms with van der Waals surface area (Å²) in [5.74, 6) is 2.11. The van der Waals surface area contributed by atoms with Crippen molar-refractivity contribution in [3.63, 3.8) is 0 Å². The molecule has 4 nitrogen and oxygen atoms in total. The van der Waals surface area contributed by atoms with Crippen LogP contribution in [-0.2, 0) is 6.42 Å². The van der Waals surface area contributed by atoms with Crippen LogP contribution in [0.25, 0.3) is 0 Å². The van der Waals surface area contributed by atoms with E-state index in [-0.39, 0.29) is 0 Å². The van der Waals surface area contributed by atoms with Crippen molar-refractivity contribution < 1.29 is 9.47 Å². The van der Waals surface area contributed by atoms with Gasteiger partial charge in [0.2, 0.25) is 0 Å². The van der Waals surface area contributed by atoms with Gasteiger partial charge in [-0.15, -0.1) is 0 Å². The van der Waals surface area contributed by atoms with E-state index in [1.54, 1.807) is 14.2 Å². The van der Waals surface area contributed by atoms with E-state index in [1.165, 1.54) is 0 Å². The Bertz CT molecular complexity index is 630. The third-order valence-electron chi connectivity index (χ3n) is 3.18. The van der Waals surface area contributed by atoms with Gasteiger partial charge in [-0.05, 0) is 47.2 Å². The van der Waals surface area contributed by atoms with Gasteiger partial charge in [0.15, 0.2) is 0 Å². The van der Waals surface area contributed by atoms with Crippen molar-refractivity contribution in [3.8, 4) is 11.5 Å². The molecule has 1 heterocycles. The maximum Gasteiger partial charge on any atom is 0.126 e. The maximum absolute atomic E-state index is 5.83. The number of pyridine rings is 1. The molecule has 2 rings (SSSR count). The van der Waals surface area contributed by atoms with Crippen molar-refractivity contribution in [3.05, 3.63) is 44.7 Å². The number of halogens is 1. The Morgan fingerprint density at radius 3 is 2.60 bits per heavy atom. The highest BCUT2D eigenvalue weighted by molar-refractivity contribution is 14.1. The van der Waals surface area contributed by atoms with Crippen molar-refractivity contribution in [2.45, 2.75) is 13.3 Å². The molecule has 0 saturated heterocycles. The van der Waals surface area contributed by atoms with Gasteiger partial charge >= 0.3 is 0 Å². The van der Waals surface area contributed by atoms with Crippen LogP contribution in [0.2, 0.25) is 0 Å². The van der Waals surface area contributed by atoms with Gasteiger partial charge in [-0.25, -0.2) is 4.98 Å². The van der Waals surface area contributed by atoms with E-state index in [9.17, 15) is 0 Å². The SMILES string of the molecule is COc1ccc(Cc2nc(N)cc(I)c2C)c(OC)c1. The fourth-order valence-corrected chi connectivity index (χ4v) is 2.63. The number of nitrogen functional groups attached to an aromatic ring is 1. The predicted octanol–water partition coefficient (Wildman–Crippen LogP) is 3.18. The molecule has 106 valence electrons. The largest absolute Gasteiger partial charge is 0.497 e. The summed E-state index contributed by atoms with van der Waals surface area (Å²) in [7, 11) is 3.29. The lowest BCUT2D eigenvalue weighted by Gasteiger charge is -2.12. The van der Waals surface area contributed by atoms with E-state index in [1.807, 2.05) is 24.3 Å². The van der Waals surface area contributed by atoms with Crippen molar-refractivity contribution >= 4 is 28.4 Å². The van der Waals surface area contributed by atoms with Gasteiger partial charge in [0.25, 0.3) is 0 Å². The van der Waals surface area contributed by atoms with Crippen LogP contribution in [0, 0.1) is 10.5 Å². The van der Waals surface area contributed by atoms with Gasteiger partial charge in [-0.2, -0.15) is 0 Å². The number of nitrogens with two attached hydrogens (primary N) is 1. The lowest BCUT2D eigenvalue weighted by atomic mass is 10.0. The van der Waals surface area contributed by atoms with E-state index in [0.29, 0.717) is 12.2 Å². The molecule has 0 aliphatic heterocycles. The summed E-state index contributed by atoms with van der Waals surface area (Å²) in [4.78, 5) is 4.43. The molecule has 0 aliphatic rings. The summed E-state index contributed by atoms with van der Waals surface area (Å²) in [5.41, 5.74) is 9.01. The normalized spacial score (nSPS) is 10.4. The molecule has 0 bridgehead atoms. The molecule has 1 aromatic heterocycles. The van der Waals surface area contributed by atoms with Gasteiger partial charge in [-0.3, -0.25) is 0 Å². The monoisotopic (exact) mass is 384 g/mol. The molecular formula is C15H17IN2O2. The molecule has 0 unspecified atom stereocenters. The second-order valence-electron chi connectivity index (χ2n) is 4.46. The molecule has 20 heavy (non-hydrogen) atoms. The minimum Gasteiger partial charge on any atom is -0.497 e. The summed E-state index contributed by atoms with van der Waals surface area (Å²) in [6.45, 7) is 2.06. The summed E-state index contributed by atoms with van der Waals surface area (Å²) in [6, 6.07) is 7.67. The molecular weight excluding hydrogens is 367 g/mol. The Balaban J connectivity index is 2.39. The zero-order valence-corrected chi connectivity index (χ0v) is 13.9. The number of nitrogens with zero attached hydrogens (tertiary/aromatic N) is 1. The van der Waals surface area contributed by atoms with Crippen LogP contribution in [-0.4, -0.2) is 19.2 Å². The Kier molecular flexibility index (Phi) is 4.69. The molecule has 0 atom stereocenters. The Labute approximate surface area is 132 Å². The van der Waals surface area contributed by atoms with Gasteiger partial charge in [-0.1, -0.05) is 6.07 Å². The maximum atomic E-state index is 5.83. The fraction of sp³-hybridized carbons (Fsp3) is 0.267. The molecule has 1 aromatic carbocycles. The number of hydrogen-bond donors (Lipinski definition) is 1. The van der Waals surface area contributed by atoms with Crippen LogP contribution in [0.1, 0.15) is 16.8 Å². The molecule has 0 fully saturated rings. The fourth-order valence-electron chi connectivity index (χ4n) is 2.00. The Morgan fingerprint density at radius 1 is 1.20 bits per heavy atom. The number of aromatic nitrogens is 1. The van der Waals surface area contributed by atoms with Gasteiger partial charge in [0.1, 0.15) is 17.3 Å². The molecule has 0 radical (unpaired) electrons. The Hall–Kier alpha value is -1.50. The summed E-state index contributed by atoms with van der Waals surface area (Å²) in [6.07, 6.45) is 0.681. The number of rotatable bonds is 4. The molecule has 2 N–H and O–H groups in total. The van der Waals surface area contributed by atoms with Crippen molar-refractivity contribution in [2.24, 2.45) is 0 Å². The molecule has 0 saturated carbocycles. The second kappa shape index (κ2) is 6.30. The van der Waals surface area contributed by atoms with Gasteiger partial charge in [0.05, 0.1) is 19.9 Å². The van der Waals surface area contributed by atoms with E-state index < -0.39 is 0 Å². The van der Waals surface area contributed by atoms with E-state index in [0.717, 1.165) is 31.9 Å². The summed E-state index contributed by atoms with van der Waals surface area (Å²) < 4.78 is 11.7. The smallest absolute Gasteiger partial charge is 0.126 e. The average molecular weight is 384 g/mol. The van der Waals surface area contributed by atoms with E-state index in [4.69, 9.17) is 15.2 Å².